The van der Waals surface area contributed by atoms with Gasteiger partial charge in [0.2, 0.25) is 11.8 Å². The largest absolute Gasteiger partial charge is 0.348 e. The first-order valence-corrected chi connectivity index (χ1v) is 9.92. The Labute approximate surface area is 170 Å². The Bertz CT molecular complexity index is 1000. The zero-order valence-corrected chi connectivity index (χ0v) is 16.9. The monoisotopic (exact) mass is 391 g/mol. The van der Waals surface area contributed by atoms with Crippen LogP contribution in [0.3, 0.4) is 0 Å². The molecule has 0 aliphatic carbocycles. The molecule has 1 fully saturated rings. The van der Waals surface area contributed by atoms with Crippen molar-refractivity contribution in [3.05, 3.63) is 65.2 Å². The SMILES string of the molecule is Cc1ccccc1C(C)NC(=O)CN1C(=O)c2ccccc2N2C(=O)CCC12C. The molecule has 29 heavy (non-hydrogen) atoms. The first-order valence-electron chi connectivity index (χ1n) is 9.92. The Hall–Kier alpha value is -3.15. The highest BCUT2D eigenvalue weighted by molar-refractivity contribution is 6.11. The van der Waals surface area contributed by atoms with Gasteiger partial charge in [-0.15, -0.1) is 0 Å². The van der Waals surface area contributed by atoms with Crippen molar-refractivity contribution in [2.75, 3.05) is 11.4 Å². The van der Waals surface area contributed by atoms with E-state index in [4.69, 9.17) is 0 Å². The van der Waals surface area contributed by atoms with Gasteiger partial charge in [-0.1, -0.05) is 36.4 Å². The quantitative estimate of drug-likeness (QED) is 0.870. The van der Waals surface area contributed by atoms with Crippen molar-refractivity contribution in [3.8, 4) is 0 Å². The first-order chi connectivity index (χ1) is 13.8. The van der Waals surface area contributed by atoms with Crippen molar-refractivity contribution in [2.45, 2.75) is 45.3 Å². The number of aryl methyl sites for hydroxylation is 1. The lowest BCUT2D eigenvalue weighted by Gasteiger charge is -2.48. The van der Waals surface area contributed by atoms with E-state index >= 15 is 0 Å². The van der Waals surface area contributed by atoms with Gasteiger partial charge < -0.3 is 10.2 Å². The average molecular weight is 391 g/mol. The van der Waals surface area contributed by atoms with Gasteiger partial charge in [0.1, 0.15) is 12.2 Å². The van der Waals surface area contributed by atoms with Crippen molar-refractivity contribution in [2.24, 2.45) is 0 Å². The van der Waals surface area contributed by atoms with Crippen LogP contribution in [0.2, 0.25) is 0 Å². The molecule has 2 heterocycles. The number of nitrogens with one attached hydrogen (secondary N) is 1. The minimum Gasteiger partial charge on any atom is -0.348 e. The summed E-state index contributed by atoms with van der Waals surface area (Å²) in [6, 6.07) is 14.8. The van der Waals surface area contributed by atoms with E-state index in [1.54, 1.807) is 28.0 Å². The third-order valence-corrected chi connectivity index (χ3v) is 6.08. The molecule has 6 nitrogen and oxygen atoms in total. The van der Waals surface area contributed by atoms with Crippen molar-refractivity contribution < 1.29 is 14.4 Å². The molecule has 1 N–H and O–H groups in total. The molecule has 2 aromatic carbocycles. The van der Waals surface area contributed by atoms with E-state index in [9.17, 15) is 14.4 Å². The van der Waals surface area contributed by atoms with Gasteiger partial charge in [-0.3, -0.25) is 19.3 Å². The fraction of sp³-hybridized carbons (Fsp3) is 0.348. The van der Waals surface area contributed by atoms with Crippen LogP contribution in [0.4, 0.5) is 5.69 Å². The predicted octanol–water partition coefficient (Wildman–Crippen LogP) is 3.17. The number of rotatable bonds is 4. The van der Waals surface area contributed by atoms with Crippen molar-refractivity contribution in [1.29, 1.82) is 0 Å². The number of benzene rings is 2. The summed E-state index contributed by atoms with van der Waals surface area (Å²) in [5.74, 6) is -0.479. The molecule has 150 valence electrons. The van der Waals surface area contributed by atoms with E-state index in [1.165, 1.54) is 0 Å². The molecule has 0 bridgehead atoms. The summed E-state index contributed by atoms with van der Waals surface area (Å²) in [7, 11) is 0. The lowest BCUT2D eigenvalue weighted by molar-refractivity contribution is -0.124. The molecule has 2 aliphatic heterocycles. The molecule has 6 heteroatoms. The number of hydrogen-bond donors (Lipinski definition) is 1. The molecule has 4 rings (SSSR count). The molecule has 2 atom stereocenters. The minimum atomic E-state index is -0.828. The minimum absolute atomic E-state index is 0.0221. The van der Waals surface area contributed by atoms with Crippen LogP contribution in [0, 0.1) is 6.92 Å². The van der Waals surface area contributed by atoms with Crippen LogP contribution >= 0.6 is 0 Å². The van der Waals surface area contributed by atoms with Crippen LogP contribution in [0.5, 0.6) is 0 Å². The number of anilines is 1. The van der Waals surface area contributed by atoms with E-state index in [1.807, 2.05) is 51.1 Å². The molecule has 0 radical (unpaired) electrons. The van der Waals surface area contributed by atoms with Gasteiger partial charge >= 0.3 is 0 Å². The average Bonchev–Trinajstić information content (AvgIpc) is 3.01. The second-order valence-electron chi connectivity index (χ2n) is 8.00. The molecular formula is C23H25N3O3. The van der Waals surface area contributed by atoms with Crippen LogP contribution in [0.15, 0.2) is 48.5 Å². The van der Waals surface area contributed by atoms with E-state index in [2.05, 4.69) is 5.32 Å². The second kappa shape index (κ2) is 7.03. The summed E-state index contributed by atoms with van der Waals surface area (Å²) in [6.07, 6.45) is 0.863. The highest BCUT2D eigenvalue weighted by Gasteiger charge is 2.53. The zero-order chi connectivity index (χ0) is 20.8. The lowest BCUT2D eigenvalue weighted by Crippen LogP contribution is -2.63. The summed E-state index contributed by atoms with van der Waals surface area (Å²) in [5.41, 5.74) is 2.40. The normalized spacial score (nSPS) is 21.6. The molecule has 2 unspecified atom stereocenters. The Morgan fingerprint density at radius 1 is 1.14 bits per heavy atom. The number of fused-ring (bicyclic) bond motifs is 3. The van der Waals surface area contributed by atoms with Gasteiger partial charge in [0, 0.05) is 6.42 Å². The first kappa shape index (κ1) is 19.2. The maximum atomic E-state index is 13.2. The fourth-order valence-corrected chi connectivity index (χ4v) is 4.52. The standard InChI is InChI=1S/C23H25N3O3/c1-15-8-4-5-9-17(15)16(2)24-20(27)14-25-22(29)18-10-6-7-11-19(18)26-21(28)12-13-23(25,26)3/h4-11,16H,12-14H2,1-3H3,(H,24,27). The number of nitrogens with zero attached hydrogens (tertiary/aromatic N) is 2. The zero-order valence-electron chi connectivity index (χ0n) is 16.9. The maximum Gasteiger partial charge on any atom is 0.258 e. The topological polar surface area (TPSA) is 69.7 Å². The van der Waals surface area contributed by atoms with Crippen LogP contribution in [0.1, 0.15) is 54.2 Å². The number of hydrogen-bond acceptors (Lipinski definition) is 3. The van der Waals surface area contributed by atoms with Crippen molar-refractivity contribution in [1.82, 2.24) is 10.2 Å². The van der Waals surface area contributed by atoms with Crippen molar-refractivity contribution in [3.63, 3.8) is 0 Å². The number of carbonyl (C=O) groups is 3. The van der Waals surface area contributed by atoms with Gasteiger partial charge in [-0.25, -0.2) is 0 Å². The van der Waals surface area contributed by atoms with Crippen LogP contribution in [0.25, 0.3) is 0 Å². The van der Waals surface area contributed by atoms with Crippen molar-refractivity contribution >= 4 is 23.4 Å². The molecule has 2 aliphatic rings. The third-order valence-electron chi connectivity index (χ3n) is 6.08. The van der Waals surface area contributed by atoms with E-state index < -0.39 is 5.66 Å². The van der Waals surface area contributed by atoms with Gasteiger partial charge in [-0.2, -0.15) is 0 Å². The predicted molar refractivity (Wildman–Crippen MR) is 110 cm³/mol. The molecule has 3 amide bonds. The second-order valence-corrected chi connectivity index (χ2v) is 8.00. The molecule has 2 aromatic rings. The summed E-state index contributed by atoms with van der Waals surface area (Å²) in [5, 5.41) is 3.00. The molecule has 0 saturated carbocycles. The highest BCUT2D eigenvalue weighted by atomic mass is 16.2. The highest BCUT2D eigenvalue weighted by Crippen LogP contribution is 2.43. The summed E-state index contributed by atoms with van der Waals surface area (Å²) >= 11 is 0. The fourth-order valence-electron chi connectivity index (χ4n) is 4.52. The number of carbonyl (C=O) groups excluding carboxylic acids is 3. The van der Waals surface area contributed by atoms with Crippen LogP contribution in [-0.4, -0.2) is 34.8 Å². The molecule has 1 saturated heterocycles. The van der Waals surface area contributed by atoms with Crippen LogP contribution in [-0.2, 0) is 9.59 Å². The molecular weight excluding hydrogens is 366 g/mol. The smallest absolute Gasteiger partial charge is 0.258 e. The van der Waals surface area contributed by atoms with Gasteiger partial charge in [0.15, 0.2) is 0 Å². The van der Waals surface area contributed by atoms with E-state index in [0.717, 1.165) is 11.1 Å². The number of amides is 3. The Balaban J connectivity index is 1.60. The Morgan fingerprint density at radius 3 is 2.59 bits per heavy atom. The Kier molecular flexibility index (Phi) is 4.65. The summed E-state index contributed by atoms with van der Waals surface area (Å²) in [4.78, 5) is 41.9. The molecule has 0 aromatic heterocycles. The van der Waals surface area contributed by atoms with Gasteiger partial charge in [-0.05, 0) is 50.5 Å². The summed E-state index contributed by atoms with van der Waals surface area (Å²) in [6.45, 7) is 5.71. The van der Waals surface area contributed by atoms with Crippen LogP contribution < -0.4 is 10.2 Å². The summed E-state index contributed by atoms with van der Waals surface area (Å²) < 4.78 is 0. The maximum absolute atomic E-state index is 13.2. The van der Waals surface area contributed by atoms with Gasteiger partial charge in [0.05, 0.1) is 17.3 Å². The van der Waals surface area contributed by atoms with E-state index in [-0.39, 0.29) is 30.3 Å². The third kappa shape index (κ3) is 3.09. The Morgan fingerprint density at radius 2 is 1.83 bits per heavy atom. The van der Waals surface area contributed by atoms with E-state index in [0.29, 0.717) is 24.1 Å². The van der Waals surface area contributed by atoms with Gasteiger partial charge in [0.25, 0.3) is 5.91 Å². The lowest BCUT2D eigenvalue weighted by atomic mass is 9.98. The molecule has 0 spiro atoms. The number of para-hydroxylation sites is 1.